The minimum Gasteiger partial charge on any atom is -0.508 e. The average Bonchev–Trinajstić information content (AvgIpc) is 3.68. The van der Waals surface area contributed by atoms with Gasteiger partial charge in [-0.15, -0.1) is 5.10 Å². The first-order chi connectivity index (χ1) is 25.9. The second-order valence-electron chi connectivity index (χ2n) is 12.7. The van der Waals surface area contributed by atoms with Gasteiger partial charge in [0.15, 0.2) is 6.29 Å². The van der Waals surface area contributed by atoms with Crippen molar-refractivity contribution in [1.82, 2.24) is 31.0 Å². The normalized spacial score (nSPS) is 17.0. The molecule has 0 radical (unpaired) electrons. The smallest absolute Gasteiger partial charge is 0.243 e. The Labute approximate surface area is 311 Å². The fraction of sp³-hybridized carbons (Fsp3) is 0.308. The number of carbonyl (C=O) groups is 2. The molecule has 276 valence electrons. The fourth-order valence-corrected chi connectivity index (χ4v) is 6.98. The molecule has 13 nitrogen and oxygen atoms in total. The van der Waals surface area contributed by atoms with Crippen LogP contribution < -0.4 is 10.8 Å². The number of aliphatic hydroxyl groups is 1. The van der Waals surface area contributed by atoms with E-state index in [0.29, 0.717) is 43.1 Å². The molecule has 4 aromatic carbocycles. The molecule has 1 aliphatic rings. The molecule has 6 rings (SSSR count). The molecule has 1 aliphatic heterocycles. The van der Waals surface area contributed by atoms with Gasteiger partial charge in [-0.25, -0.2) is 5.48 Å². The zero-order valence-electron chi connectivity index (χ0n) is 29.0. The van der Waals surface area contributed by atoms with Crippen LogP contribution in [0.3, 0.4) is 0 Å². The third-order valence-corrected chi connectivity index (χ3v) is 10.0. The monoisotopic (exact) mass is 738 g/mol. The summed E-state index contributed by atoms with van der Waals surface area (Å²) < 4.78 is 14.7. The van der Waals surface area contributed by atoms with Gasteiger partial charge in [0.05, 0.1) is 24.5 Å². The van der Waals surface area contributed by atoms with E-state index in [0.717, 1.165) is 45.5 Å². The van der Waals surface area contributed by atoms with Crippen LogP contribution in [0.2, 0.25) is 0 Å². The Hall–Kier alpha value is -5.12. The maximum absolute atomic E-state index is 12.5. The minimum atomic E-state index is -0.647. The number of hydroxylamine groups is 1. The molecule has 0 spiro atoms. The highest BCUT2D eigenvalue weighted by atomic mass is 32.2. The lowest BCUT2D eigenvalue weighted by Crippen LogP contribution is -2.31. The van der Waals surface area contributed by atoms with Crippen LogP contribution in [0.25, 0.3) is 16.8 Å². The molecule has 2 heterocycles. The second-order valence-corrected chi connectivity index (χ2v) is 13.7. The maximum atomic E-state index is 12.5. The van der Waals surface area contributed by atoms with E-state index in [1.165, 1.54) is 11.8 Å². The number of nitrogens with zero attached hydrogens (tertiary/aromatic N) is 4. The topological polar surface area (TPSA) is 181 Å². The van der Waals surface area contributed by atoms with Crippen LogP contribution in [0, 0.1) is 0 Å². The summed E-state index contributed by atoms with van der Waals surface area (Å²) in [5.74, 6) is 0.237. The molecule has 5 aromatic rings. The molecule has 1 aromatic heterocycles. The lowest BCUT2D eigenvalue weighted by atomic mass is 9.97. The second kappa shape index (κ2) is 18.6. The number of hydrogen-bond donors (Lipinski definition) is 5. The van der Waals surface area contributed by atoms with Gasteiger partial charge >= 0.3 is 0 Å². The van der Waals surface area contributed by atoms with E-state index in [9.17, 15) is 19.8 Å². The molecule has 0 aliphatic carbocycles. The van der Waals surface area contributed by atoms with Crippen molar-refractivity contribution in [2.24, 2.45) is 0 Å². The van der Waals surface area contributed by atoms with Crippen LogP contribution in [0.4, 0.5) is 0 Å². The first-order valence-electron chi connectivity index (χ1n) is 17.5. The average molecular weight is 739 g/mol. The molecular weight excluding hydrogens is 697 g/mol. The lowest BCUT2D eigenvalue weighted by molar-refractivity contribution is -0.245. The number of aliphatic hydroxyl groups excluding tert-OH is 1. The van der Waals surface area contributed by atoms with Crippen LogP contribution >= 0.6 is 11.8 Å². The summed E-state index contributed by atoms with van der Waals surface area (Å²) in [5, 5.41) is 43.7. The number of phenolic OH excluding ortho intramolecular Hbond substituents is 1. The van der Waals surface area contributed by atoms with Gasteiger partial charge in [-0.05, 0) is 75.4 Å². The van der Waals surface area contributed by atoms with E-state index in [2.05, 4.69) is 20.8 Å². The van der Waals surface area contributed by atoms with Gasteiger partial charge in [-0.3, -0.25) is 14.8 Å². The molecule has 3 unspecified atom stereocenters. The third kappa shape index (κ3) is 10.3. The SMILES string of the molecule is O=C(CCCCCC(=O)NCc1ccccc1-c1ccc(C2OC(CSc3nnnn3-c3ccc(O)cc3)CC(c3ccc(CO)cc3)O2)cc1)NO. The molecule has 2 amide bonds. The minimum absolute atomic E-state index is 0.0382. The highest BCUT2D eigenvalue weighted by Gasteiger charge is 2.33. The Morgan fingerprint density at radius 1 is 0.849 bits per heavy atom. The predicted octanol–water partition coefficient (Wildman–Crippen LogP) is 5.94. The number of unbranched alkanes of at least 4 members (excludes halogenated alkanes) is 2. The summed E-state index contributed by atoms with van der Waals surface area (Å²) in [7, 11) is 0. The summed E-state index contributed by atoms with van der Waals surface area (Å²) in [6, 6.07) is 30.4. The van der Waals surface area contributed by atoms with Crippen molar-refractivity contribution >= 4 is 23.6 Å². The number of aromatic hydroxyl groups is 1. The largest absolute Gasteiger partial charge is 0.508 e. The Kier molecular flexibility index (Phi) is 13.2. The Morgan fingerprint density at radius 3 is 2.30 bits per heavy atom. The zero-order chi connectivity index (χ0) is 37.0. The summed E-state index contributed by atoms with van der Waals surface area (Å²) in [6.07, 6.45) is 2.06. The van der Waals surface area contributed by atoms with Gasteiger partial charge in [0.25, 0.3) is 0 Å². The Bertz CT molecular complexity index is 1940. The first kappa shape index (κ1) is 37.6. The van der Waals surface area contributed by atoms with Crippen molar-refractivity contribution in [3.63, 3.8) is 0 Å². The van der Waals surface area contributed by atoms with Crippen LogP contribution in [0.15, 0.2) is 102 Å². The Balaban J connectivity index is 1.12. The van der Waals surface area contributed by atoms with E-state index >= 15 is 0 Å². The molecule has 0 bridgehead atoms. The molecular formula is C39H42N6O7S. The standard InChI is InChI=1S/C39H42N6O7S/c46-24-26-10-12-28(13-11-26)35-22-33(25-53-39-41-43-44-45(39)31-18-20-32(47)21-19-31)51-38(52-35)29-16-14-27(15-17-29)34-7-5-4-6-30(34)23-40-36(48)8-2-1-3-9-37(49)42-50/h4-7,10-21,33,35,38,46-47,50H,1-3,8-9,22-25H2,(H,40,48)(H,42,49). The van der Waals surface area contributed by atoms with Crippen molar-refractivity contribution in [3.8, 4) is 22.6 Å². The number of amides is 2. The van der Waals surface area contributed by atoms with Crippen molar-refractivity contribution in [3.05, 3.63) is 119 Å². The molecule has 1 fully saturated rings. The Morgan fingerprint density at radius 2 is 1.57 bits per heavy atom. The number of carbonyl (C=O) groups excluding carboxylic acids is 2. The van der Waals surface area contributed by atoms with Gasteiger partial charge in [0.2, 0.25) is 17.0 Å². The van der Waals surface area contributed by atoms with Gasteiger partial charge in [0, 0.05) is 37.1 Å². The third-order valence-electron chi connectivity index (χ3n) is 8.97. The van der Waals surface area contributed by atoms with Crippen molar-refractivity contribution in [1.29, 1.82) is 0 Å². The number of aromatic nitrogens is 4. The van der Waals surface area contributed by atoms with Crippen LogP contribution in [-0.2, 0) is 32.2 Å². The summed E-state index contributed by atoms with van der Waals surface area (Å²) >= 11 is 1.47. The number of nitrogens with one attached hydrogen (secondary N) is 2. The van der Waals surface area contributed by atoms with Crippen LogP contribution in [0.1, 0.15) is 73.2 Å². The fourth-order valence-electron chi connectivity index (χ4n) is 6.08. The molecule has 14 heteroatoms. The van der Waals surface area contributed by atoms with E-state index in [4.69, 9.17) is 14.7 Å². The predicted molar refractivity (Wildman–Crippen MR) is 197 cm³/mol. The summed E-state index contributed by atoms with van der Waals surface area (Å²) in [4.78, 5) is 23.7. The number of ether oxygens (including phenoxy) is 2. The van der Waals surface area contributed by atoms with E-state index in [1.54, 1.807) is 34.4 Å². The number of rotatable bonds is 16. The molecule has 53 heavy (non-hydrogen) atoms. The van der Waals surface area contributed by atoms with Crippen molar-refractivity contribution in [2.45, 2.75) is 75.3 Å². The van der Waals surface area contributed by atoms with Crippen LogP contribution in [-0.4, -0.2) is 59.3 Å². The maximum Gasteiger partial charge on any atom is 0.243 e. The number of tetrazole rings is 1. The summed E-state index contributed by atoms with van der Waals surface area (Å²) in [5.41, 5.74) is 7.99. The number of thioether (sulfide) groups is 1. The van der Waals surface area contributed by atoms with E-state index in [-0.39, 0.29) is 36.9 Å². The highest BCUT2D eigenvalue weighted by molar-refractivity contribution is 7.99. The van der Waals surface area contributed by atoms with Gasteiger partial charge in [-0.2, -0.15) is 4.68 Å². The van der Waals surface area contributed by atoms with Crippen LogP contribution in [0.5, 0.6) is 5.75 Å². The van der Waals surface area contributed by atoms with Gasteiger partial charge < -0.3 is 25.0 Å². The molecule has 0 saturated carbocycles. The first-order valence-corrected chi connectivity index (χ1v) is 18.5. The van der Waals surface area contributed by atoms with E-state index in [1.807, 2.05) is 72.8 Å². The quantitative estimate of drug-likeness (QED) is 0.0350. The highest BCUT2D eigenvalue weighted by Crippen LogP contribution is 2.40. The molecule has 3 atom stereocenters. The van der Waals surface area contributed by atoms with Gasteiger partial charge in [-0.1, -0.05) is 91.0 Å². The van der Waals surface area contributed by atoms with Crippen molar-refractivity contribution in [2.75, 3.05) is 5.75 Å². The van der Waals surface area contributed by atoms with Crippen molar-refractivity contribution < 1.29 is 34.5 Å². The molecule has 1 saturated heterocycles. The van der Waals surface area contributed by atoms with E-state index < -0.39 is 12.2 Å². The number of hydrogen-bond acceptors (Lipinski definition) is 11. The lowest BCUT2D eigenvalue weighted by Gasteiger charge is -2.36. The number of phenols is 1. The summed E-state index contributed by atoms with van der Waals surface area (Å²) in [6.45, 7) is 0.341. The molecule has 5 N–H and O–H groups in total. The van der Waals surface area contributed by atoms with Gasteiger partial charge in [0.1, 0.15) is 5.75 Å². The number of benzene rings is 4. The zero-order valence-corrected chi connectivity index (χ0v) is 29.8.